The Labute approximate surface area is 111 Å². The van der Waals surface area contributed by atoms with Crippen LogP contribution in [0.1, 0.15) is 59.8 Å². The van der Waals surface area contributed by atoms with Gasteiger partial charge in [0.15, 0.2) is 0 Å². The summed E-state index contributed by atoms with van der Waals surface area (Å²) in [5.41, 5.74) is 0.409. The first-order valence-electron chi connectivity index (χ1n) is 7.26. The van der Waals surface area contributed by atoms with Crippen LogP contribution in [0.15, 0.2) is 0 Å². The molecule has 0 aromatic heterocycles. The van der Waals surface area contributed by atoms with Crippen LogP contribution in [0.4, 0.5) is 0 Å². The Balaban J connectivity index is 2.39. The molecular weight excluding hydrogens is 226 g/mol. The normalized spacial score (nSPS) is 25.1. The summed E-state index contributed by atoms with van der Waals surface area (Å²) in [6, 6.07) is 0.503. The minimum atomic E-state index is -0.661. The lowest BCUT2D eigenvalue weighted by Crippen LogP contribution is -2.41. The summed E-state index contributed by atoms with van der Waals surface area (Å²) in [6.45, 7) is 9.40. The van der Waals surface area contributed by atoms with Crippen molar-refractivity contribution in [3.63, 3.8) is 0 Å². The summed E-state index contributed by atoms with van der Waals surface area (Å²) in [6.07, 6.45) is 5.67. The highest BCUT2D eigenvalue weighted by Crippen LogP contribution is 2.35. The van der Waals surface area contributed by atoms with Gasteiger partial charge in [0.05, 0.1) is 5.92 Å². The number of nitrogens with one attached hydrogen (secondary N) is 1. The van der Waals surface area contributed by atoms with Gasteiger partial charge in [-0.05, 0) is 37.0 Å². The Bertz CT molecular complexity index is 274. The van der Waals surface area contributed by atoms with E-state index in [2.05, 4.69) is 33.0 Å². The molecule has 2 atom stereocenters. The van der Waals surface area contributed by atoms with Crippen LogP contribution in [0.5, 0.6) is 0 Å². The minimum absolute atomic E-state index is 0.241. The summed E-state index contributed by atoms with van der Waals surface area (Å²) in [5, 5.41) is 12.7. The van der Waals surface area contributed by atoms with Crippen LogP contribution in [-0.2, 0) is 4.79 Å². The van der Waals surface area contributed by atoms with Crippen LogP contribution >= 0.6 is 0 Å². The van der Waals surface area contributed by atoms with E-state index < -0.39 is 5.97 Å². The first-order chi connectivity index (χ1) is 8.30. The molecule has 1 rings (SSSR count). The van der Waals surface area contributed by atoms with Gasteiger partial charge < -0.3 is 10.4 Å². The fraction of sp³-hybridized carbons (Fsp3) is 0.933. The second-order valence-corrected chi connectivity index (χ2v) is 7.03. The summed E-state index contributed by atoms with van der Waals surface area (Å²) in [7, 11) is 0. The third-order valence-corrected chi connectivity index (χ3v) is 3.96. The number of rotatable bonds is 6. The maximum Gasteiger partial charge on any atom is 0.307 e. The molecule has 18 heavy (non-hydrogen) atoms. The molecule has 0 spiro atoms. The maximum absolute atomic E-state index is 11.2. The highest BCUT2D eigenvalue weighted by Gasteiger charge is 2.28. The number of aliphatic carboxylic acids is 1. The number of hydrogen-bond acceptors (Lipinski definition) is 2. The van der Waals surface area contributed by atoms with Crippen molar-refractivity contribution >= 4 is 5.97 Å². The Kier molecular flexibility index (Phi) is 5.64. The molecule has 0 radical (unpaired) electrons. The molecule has 0 aromatic carbocycles. The lowest BCUT2D eigenvalue weighted by atomic mass is 9.75. The zero-order valence-electron chi connectivity index (χ0n) is 12.3. The van der Waals surface area contributed by atoms with Crippen molar-refractivity contribution in [3.05, 3.63) is 0 Å². The molecule has 1 fully saturated rings. The first-order valence-corrected chi connectivity index (χ1v) is 7.26. The Morgan fingerprint density at radius 1 is 1.44 bits per heavy atom. The van der Waals surface area contributed by atoms with E-state index in [1.807, 2.05) is 0 Å². The molecule has 1 saturated carbocycles. The Hall–Kier alpha value is -0.570. The van der Waals surface area contributed by atoms with Gasteiger partial charge in [0, 0.05) is 12.6 Å². The third kappa shape index (κ3) is 5.38. The third-order valence-electron chi connectivity index (χ3n) is 3.96. The molecule has 0 saturated heterocycles. The van der Waals surface area contributed by atoms with Crippen molar-refractivity contribution < 1.29 is 9.90 Å². The highest BCUT2D eigenvalue weighted by atomic mass is 16.4. The molecule has 0 amide bonds. The van der Waals surface area contributed by atoms with Crippen molar-refractivity contribution in [1.29, 1.82) is 0 Å². The molecule has 0 bridgehead atoms. The molecule has 2 N–H and O–H groups in total. The van der Waals surface area contributed by atoms with Crippen molar-refractivity contribution in [3.8, 4) is 0 Å². The van der Waals surface area contributed by atoms with Gasteiger partial charge in [-0.3, -0.25) is 4.79 Å². The van der Waals surface area contributed by atoms with E-state index in [1.54, 1.807) is 0 Å². The molecular formula is C15H29NO2. The van der Waals surface area contributed by atoms with Gasteiger partial charge in [-0.2, -0.15) is 0 Å². The van der Waals surface area contributed by atoms with E-state index in [-0.39, 0.29) is 5.92 Å². The number of carboxylic acid groups (broad SMARTS) is 1. The minimum Gasteiger partial charge on any atom is -0.481 e. The van der Waals surface area contributed by atoms with Crippen molar-refractivity contribution in [2.45, 2.75) is 65.8 Å². The molecule has 2 unspecified atom stereocenters. The van der Waals surface area contributed by atoms with Gasteiger partial charge in [0.1, 0.15) is 0 Å². The topological polar surface area (TPSA) is 49.3 Å². The second-order valence-electron chi connectivity index (χ2n) is 7.03. The summed E-state index contributed by atoms with van der Waals surface area (Å²) >= 11 is 0. The smallest absolute Gasteiger partial charge is 0.307 e. The zero-order chi connectivity index (χ0) is 13.8. The van der Waals surface area contributed by atoms with E-state index in [1.165, 1.54) is 25.7 Å². The molecule has 3 heteroatoms. The summed E-state index contributed by atoms with van der Waals surface area (Å²) < 4.78 is 0. The zero-order valence-corrected chi connectivity index (χ0v) is 12.3. The highest BCUT2D eigenvalue weighted by molar-refractivity contribution is 5.70. The molecule has 1 aliphatic rings. The monoisotopic (exact) mass is 255 g/mol. The number of carboxylic acids is 1. The van der Waals surface area contributed by atoms with Crippen LogP contribution < -0.4 is 5.32 Å². The summed E-state index contributed by atoms with van der Waals surface area (Å²) in [4.78, 5) is 11.2. The lowest BCUT2D eigenvalue weighted by Gasteiger charge is -2.36. The SMILES string of the molecule is CC(C)CC(CNC1CCCC(C)(C)C1)C(=O)O. The van der Waals surface area contributed by atoms with E-state index >= 15 is 0 Å². The van der Waals surface area contributed by atoms with Gasteiger partial charge in [0.2, 0.25) is 0 Å². The van der Waals surface area contributed by atoms with Gasteiger partial charge in [-0.25, -0.2) is 0 Å². The molecule has 3 nitrogen and oxygen atoms in total. The molecule has 0 aliphatic heterocycles. The number of carbonyl (C=O) groups is 1. The molecule has 0 aromatic rings. The van der Waals surface area contributed by atoms with Crippen LogP contribution in [0.2, 0.25) is 0 Å². The van der Waals surface area contributed by atoms with Gasteiger partial charge in [0.25, 0.3) is 0 Å². The lowest BCUT2D eigenvalue weighted by molar-refractivity contribution is -0.142. The first kappa shape index (κ1) is 15.5. The average molecular weight is 255 g/mol. The van der Waals surface area contributed by atoms with E-state index in [0.29, 0.717) is 23.9 Å². The van der Waals surface area contributed by atoms with Gasteiger partial charge >= 0.3 is 5.97 Å². The maximum atomic E-state index is 11.2. The predicted molar refractivity (Wildman–Crippen MR) is 74.6 cm³/mol. The van der Waals surface area contributed by atoms with Crippen LogP contribution in [0, 0.1) is 17.3 Å². The quantitative estimate of drug-likeness (QED) is 0.765. The van der Waals surface area contributed by atoms with Gasteiger partial charge in [-0.1, -0.05) is 34.1 Å². The van der Waals surface area contributed by atoms with E-state index in [0.717, 1.165) is 6.42 Å². The van der Waals surface area contributed by atoms with E-state index in [9.17, 15) is 9.90 Å². The van der Waals surface area contributed by atoms with Crippen LogP contribution in [0.25, 0.3) is 0 Å². The molecule has 106 valence electrons. The van der Waals surface area contributed by atoms with Crippen LogP contribution in [-0.4, -0.2) is 23.7 Å². The fourth-order valence-electron chi connectivity index (χ4n) is 3.02. The van der Waals surface area contributed by atoms with Crippen molar-refractivity contribution in [1.82, 2.24) is 5.32 Å². The largest absolute Gasteiger partial charge is 0.481 e. The predicted octanol–water partition coefficient (Wildman–Crippen LogP) is 3.29. The van der Waals surface area contributed by atoms with Gasteiger partial charge in [-0.15, -0.1) is 0 Å². The number of hydrogen-bond donors (Lipinski definition) is 2. The second kappa shape index (κ2) is 6.55. The fourth-order valence-corrected chi connectivity index (χ4v) is 3.02. The Morgan fingerprint density at radius 2 is 2.11 bits per heavy atom. The summed E-state index contributed by atoms with van der Waals surface area (Å²) in [5.74, 6) is -0.461. The molecule has 1 aliphatic carbocycles. The standard InChI is InChI=1S/C15H29NO2/c1-11(2)8-12(14(17)18)10-16-13-6-5-7-15(3,4)9-13/h11-13,16H,5-10H2,1-4H3,(H,17,18). The Morgan fingerprint density at radius 3 is 2.61 bits per heavy atom. The average Bonchev–Trinajstić information content (AvgIpc) is 2.22. The van der Waals surface area contributed by atoms with Crippen LogP contribution in [0.3, 0.4) is 0 Å². The van der Waals surface area contributed by atoms with Crippen molar-refractivity contribution in [2.24, 2.45) is 17.3 Å². The molecule has 0 heterocycles. The van der Waals surface area contributed by atoms with Crippen molar-refractivity contribution in [2.75, 3.05) is 6.54 Å². The van der Waals surface area contributed by atoms with E-state index in [4.69, 9.17) is 0 Å².